The maximum atomic E-state index is 5.59. The average molecular weight is 308 g/mol. The summed E-state index contributed by atoms with van der Waals surface area (Å²) >= 11 is 14.5. The first-order valence-electron chi connectivity index (χ1n) is 4.04. The molecule has 0 saturated heterocycles. The third-order valence-corrected chi connectivity index (χ3v) is 2.62. The fraction of sp³-hybridized carbons (Fsp3) is 0.111. The van der Waals surface area contributed by atoms with E-state index in [0.29, 0.717) is 5.89 Å². The Kier molecular flexibility index (Phi) is 3.29. The van der Waals surface area contributed by atoms with Crippen LogP contribution in [0.1, 0.15) is 10.7 Å². The first-order valence-corrected chi connectivity index (χ1v) is 5.71. The van der Waals surface area contributed by atoms with Crippen LogP contribution in [0.15, 0.2) is 33.2 Å². The monoisotopic (exact) mass is 306 g/mol. The molecule has 0 fully saturated rings. The van der Waals surface area contributed by atoms with Crippen molar-refractivity contribution in [2.45, 2.75) is 4.84 Å². The number of rotatable bonds is 2. The summed E-state index contributed by atoms with van der Waals surface area (Å²) in [6.45, 7) is 0. The minimum absolute atomic E-state index is 0.205. The van der Waals surface area contributed by atoms with Gasteiger partial charge in [-0.3, -0.25) is 0 Å². The number of hydrogen-bond acceptors (Lipinski definition) is 3. The van der Waals surface area contributed by atoms with Gasteiger partial charge in [-0.1, -0.05) is 39.1 Å². The fourth-order valence-electron chi connectivity index (χ4n) is 1.03. The van der Waals surface area contributed by atoms with Gasteiger partial charge in [-0.2, -0.15) is 0 Å². The van der Waals surface area contributed by atoms with Crippen LogP contribution in [0, 0.1) is 0 Å². The topological polar surface area (TPSA) is 38.9 Å². The molecule has 1 aromatic carbocycles. The standard InChI is InChI=1S/C9H5BrCl2N2O/c10-6-3-1-5(2-4-6)8-13-14-9(15-8)7(11)12/h1-4,7H. The van der Waals surface area contributed by atoms with E-state index in [1.54, 1.807) is 0 Å². The molecule has 0 unspecified atom stereocenters. The minimum Gasteiger partial charge on any atom is -0.418 e. The van der Waals surface area contributed by atoms with E-state index in [1.807, 2.05) is 24.3 Å². The van der Waals surface area contributed by atoms with Gasteiger partial charge in [0.1, 0.15) is 0 Å². The molecule has 2 rings (SSSR count). The molecular weight excluding hydrogens is 303 g/mol. The van der Waals surface area contributed by atoms with Crippen molar-refractivity contribution < 1.29 is 4.42 Å². The maximum absolute atomic E-state index is 5.59. The van der Waals surface area contributed by atoms with Crippen molar-refractivity contribution in [1.29, 1.82) is 0 Å². The van der Waals surface area contributed by atoms with Crippen LogP contribution in [0.5, 0.6) is 0 Å². The van der Waals surface area contributed by atoms with Crippen molar-refractivity contribution in [3.05, 3.63) is 34.6 Å². The zero-order valence-corrected chi connectivity index (χ0v) is 10.4. The molecule has 6 heteroatoms. The van der Waals surface area contributed by atoms with Crippen molar-refractivity contribution in [2.75, 3.05) is 0 Å². The first kappa shape index (κ1) is 10.9. The van der Waals surface area contributed by atoms with Gasteiger partial charge in [0.15, 0.2) is 4.84 Å². The number of alkyl halides is 2. The summed E-state index contributed by atoms with van der Waals surface area (Å²) in [6, 6.07) is 7.49. The molecule has 0 spiro atoms. The first-order chi connectivity index (χ1) is 7.16. The summed E-state index contributed by atoms with van der Waals surface area (Å²) in [5.74, 6) is 0.611. The number of halogens is 3. The van der Waals surface area contributed by atoms with E-state index >= 15 is 0 Å². The lowest BCUT2D eigenvalue weighted by Crippen LogP contribution is -1.79. The molecule has 78 valence electrons. The minimum atomic E-state index is -0.790. The lowest BCUT2D eigenvalue weighted by atomic mass is 10.2. The van der Waals surface area contributed by atoms with E-state index in [1.165, 1.54) is 0 Å². The predicted molar refractivity (Wildman–Crippen MR) is 61.9 cm³/mol. The third kappa shape index (κ3) is 2.51. The summed E-state index contributed by atoms with van der Waals surface area (Å²) < 4.78 is 6.25. The Hall–Kier alpha value is -0.580. The Morgan fingerprint density at radius 1 is 1.13 bits per heavy atom. The molecule has 2 aromatic rings. The largest absolute Gasteiger partial charge is 0.418 e. The van der Waals surface area contributed by atoms with Crippen LogP contribution in [-0.4, -0.2) is 10.2 Å². The quantitative estimate of drug-likeness (QED) is 0.788. The van der Waals surface area contributed by atoms with E-state index < -0.39 is 4.84 Å². The smallest absolute Gasteiger partial charge is 0.249 e. The second-order valence-corrected chi connectivity index (χ2v) is 4.76. The molecule has 0 bridgehead atoms. The highest BCUT2D eigenvalue weighted by molar-refractivity contribution is 9.10. The Balaban J connectivity index is 2.33. The van der Waals surface area contributed by atoms with Gasteiger partial charge in [0.2, 0.25) is 11.8 Å². The van der Waals surface area contributed by atoms with E-state index in [-0.39, 0.29) is 5.89 Å². The van der Waals surface area contributed by atoms with E-state index in [9.17, 15) is 0 Å². The van der Waals surface area contributed by atoms with Crippen LogP contribution in [-0.2, 0) is 0 Å². The predicted octanol–water partition coefficient (Wildman–Crippen LogP) is 3.98. The molecule has 0 amide bonds. The molecule has 0 N–H and O–H groups in total. The summed E-state index contributed by atoms with van der Waals surface area (Å²) in [6.07, 6.45) is 0. The molecule has 1 heterocycles. The second-order valence-electron chi connectivity index (χ2n) is 2.75. The van der Waals surface area contributed by atoms with Crippen molar-refractivity contribution in [3.8, 4) is 11.5 Å². The normalized spacial score (nSPS) is 10.9. The maximum Gasteiger partial charge on any atom is 0.249 e. The van der Waals surface area contributed by atoms with Crippen LogP contribution >= 0.6 is 39.1 Å². The van der Waals surface area contributed by atoms with Crippen molar-refractivity contribution in [2.24, 2.45) is 0 Å². The zero-order valence-electron chi connectivity index (χ0n) is 7.32. The van der Waals surface area contributed by atoms with Gasteiger partial charge < -0.3 is 4.42 Å². The van der Waals surface area contributed by atoms with Gasteiger partial charge in [0.25, 0.3) is 0 Å². The van der Waals surface area contributed by atoms with E-state index in [2.05, 4.69) is 26.1 Å². The van der Waals surface area contributed by atoms with Gasteiger partial charge in [-0.25, -0.2) is 0 Å². The average Bonchev–Trinajstić information content (AvgIpc) is 2.68. The molecule has 0 aliphatic rings. The van der Waals surface area contributed by atoms with E-state index in [4.69, 9.17) is 27.6 Å². The zero-order chi connectivity index (χ0) is 10.8. The van der Waals surface area contributed by atoms with E-state index in [0.717, 1.165) is 10.0 Å². The number of benzene rings is 1. The Bertz CT molecular complexity index is 455. The van der Waals surface area contributed by atoms with Gasteiger partial charge in [-0.05, 0) is 24.3 Å². The summed E-state index contributed by atoms with van der Waals surface area (Å²) in [4.78, 5) is -0.790. The number of nitrogens with zero attached hydrogens (tertiary/aromatic N) is 2. The van der Waals surface area contributed by atoms with Crippen LogP contribution in [0.25, 0.3) is 11.5 Å². The molecule has 0 saturated carbocycles. The summed E-state index contributed by atoms with van der Waals surface area (Å²) in [5, 5.41) is 7.56. The van der Waals surface area contributed by atoms with Crippen LogP contribution in [0.3, 0.4) is 0 Å². The lowest BCUT2D eigenvalue weighted by Gasteiger charge is -1.94. The highest BCUT2D eigenvalue weighted by Crippen LogP contribution is 2.27. The van der Waals surface area contributed by atoms with Crippen molar-refractivity contribution in [1.82, 2.24) is 10.2 Å². The van der Waals surface area contributed by atoms with Crippen LogP contribution in [0.2, 0.25) is 0 Å². The second kappa shape index (κ2) is 4.51. The van der Waals surface area contributed by atoms with Crippen LogP contribution in [0.4, 0.5) is 0 Å². The Morgan fingerprint density at radius 3 is 2.33 bits per heavy atom. The van der Waals surface area contributed by atoms with Gasteiger partial charge in [0, 0.05) is 10.0 Å². The molecule has 0 aliphatic carbocycles. The number of aromatic nitrogens is 2. The van der Waals surface area contributed by atoms with Crippen molar-refractivity contribution >= 4 is 39.1 Å². The highest BCUT2D eigenvalue weighted by atomic mass is 79.9. The van der Waals surface area contributed by atoms with Crippen LogP contribution < -0.4 is 0 Å². The third-order valence-electron chi connectivity index (χ3n) is 1.72. The Labute approximate surface area is 105 Å². The van der Waals surface area contributed by atoms with Gasteiger partial charge in [0.05, 0.1) is 0 Å². The molecule has 0 radical (unpaired) electrons. The molecule has 15 heavy (non-hydrogen) atoms. The highest BCUT2D eigenvalue weighted by Gasteiger charge is 2.13. The number of hydrogen-bond donors (Lipinski definition) is 0. The molecule has 0 aliphatic heterocycles. The Morgan fingerprint density at radius 2 is 1.80 bits per heavy atom. The summed E-state index contributed by atoms with van der Waals surface area (Å²) in [7, 11) is 0. The summed E-state index contributed by atoms with van der Waals surface area (Å²) in [5.41, 5.74) is 0.825. The molecule has 3 nitrogen and oxygen atoms in total. The van der Waals surface area contributed by atoms with Gasteiger partial charge in [-0.15, -0.1) is 10.2 Å². The molecule has 1 aromatic heterocycles. The lowest BCUT2D eigenvalue weighted by molar-refractivity contribution is 0.523. The van der Waals surface area contributed by atoms with Gasteiger partial charge >= 0.3 is 0 Å². The molecular formula is C9H5BrCl2N2O. The van der Waals surface area contributed by atoms with Crippen molar-refractivity contribution in [3.63, 3.8) is 0 Å². The fourth-order valence-corrected chi connectivity index (χ4v) is 1.47. The SMILES string of the molecule is ClC(Cl)c1nnc(-c2ccc(Br)cc2)o1. The molecule has 0 atom stereocenters.